The first-order valence-electron chi connectivity index (χ1n) is 8.81. The van der Waals surface area contributed by atoms with Crippen molar-refractivity contribution in [3.05, 3.63) is 59.8 Å². The Labute approximate surface area is 171 Å². The second kappa shape index (κ2) is 10.9. The van der Waals surface area contributed by atoms with Crippen molar-refractivity contribution in [2.75, 3.05) is 28.6 Å². The second-order valence-corrected chi connectivity index (χ2v) is 5.96. The largest absolute Gasteiger partial charge is 1.00 e. The first-order valence-corrected chi connectivity index (χ1v) is 8.81. The SMILES string of the molecule is CCN(CC)c1ccc(N/C=C(/C#N)C(=O)Nc2ccccc2O)c(C)c1.[Cl-]. The van der Waals surface area contributed by atoms with E-state index in [0.29, 0.717) is 0 Å². The third-order valence-corrected chi connectivity index (χ3v) is 4.23. The van der Waals surface area contributed by atoms with Crippen LogP contribution in [0, 0.1) is 18.3 Å². The number of nitrogens with one attached hydrogen (secondary N) is 2. The van der Waals surface area contributed by atoms with Gasteiger partial charge in [-0.15, -0.1) is 0 Å². The summed E-state index contributed by atoms with van der Waals surface area (Å²) in [5.74, 6) is -0.650. The molecule has 2 rings (SSSR count). The monoisotopic (exact) mass is 399 g/mol. The Balaban J connectivity index is 0.00000392. The van der Waals surface area contributed by atoms with E-state index in [9.17, 15) is 15.2 Å². The third kappa shape index (κ3) is 5.66. The summed E-state index contributed by atoms with van der Waals surface area (Å²) in [7, 11) is 0. The van der Waals surface area contributed by atoms with Gasteiger partial charge >= 0.3 is 0 Å². The fraction of sp³-hybridized carbons (Fsp3) is 0.238. The molecule has 0 aliphatic rings. The zero-order valence-electron chi connectivity index (χ0n) is 16.2. The lowest BCUT2D eigenvalue weighted by atomic mass is 10.1. The molecule has 28 heavy (non-hydrogen) atoms. The van der Waals surface area contributed by atoms with Gasteiger partial charge in [0.2, 0.25) is 0 Å². The molecule has 0 spiro atoms. The van der Waals surface area contributed by atoms with Crippen LogP contribution in [0.5, 0.6) is 5.75 Å². The van der Waals surface area contributed by atoms with Crippen molar-refractivity contribution in [2.24, 2.45) is 0 Å². The number of hydrogen-bond acceptors (Lipinski definition) is 5. The molecule has 0 unspecified atom stereocenters. The standard InChI is InChI=1S/C21H24N4O2.ClH/c1-4-25(5-2)17-10-11-18(15(3)12-17)23-14-16(13-22)21(27)24-19-8-6-7-9-20(19)26;/h6-12,14,23,26H,4-5H2,1-3H3,(H,24,27);1H/p-1/b16-14-;. The van der Waals surface area contributed by atoms with Gasteiger partial charge in [0.25, 0.3) is 5.91 Å². The number of aromatic hydroxyl groups is 1. The molecule has 2 aromatic rings. The van der Waals surface area contributed by atoms with Gasteiger partial charge in [-0.2, -0.15) is 5.26 Å². The maximum atomic E-state index is 12.3. The molecular weight excluding hydrogens is 376 g/mol. The first-order chi connectivity index (χ1) is 13.0. The number of rotatable bonds is 7. The Bertz CT molecular complexity index is 886. The number of para-hydroxylation sites is 2. The van der Waals surface area contributed by atoms with Crippen molar-refractivity contribution < 1.29 is 22.3 Å². The van der Waals surface area contributed by atoms with Gasteiger partial charge in [-0.1, -0.05) is 12.1 Å². The van der Waals surface area contributed by atoms with Crippen LogP contribution in [0.25, 0.3) is 0 Å². The van der Waals surface area contributed by atoms with Crippen LogP contribution in [-0.2, 0) is 4.79 Å². The van der Waals surface area contributed by atoms with Crippen LogP contribution >= 0.6 is 0 Å². The molecule has 0 atom stereocenters. The van der Waals surface area contributed by atoms with Gasteiger partial charge in [-0.05, 0) is 56.7 Å². The molecule has 0 saturated heterocycles. The fourth-order valence-corrected chi connectivity index (χ4v) is 2.66. The summed E-state index contributed by atoms with van der Waals surface area (Å²) < 4.78 is 0. The number of halogens is 1. The number of nitriles is 1. The highest BCUT2D eigenvalue weighted by Gasteiger charge is 2.12. The van der Waals surface area contributed by atoms with Crippen molar-refractivity contribution >= 4 is 23.0 Å². The lowest BCUT2D eigenvalue weighted by Gasteiger charge is -2.22. The quantitative estimate of drug-likeness (QED) is 0.367. The summed E-state index contributed by atoms with van der Waals surface area (Å²) in [4.78, 5) is 14.5. The summed E-state index contributed by atoms with van der Waals surface area (Å²) in [6.45, 7) is 8.03. The maximum absolute atomic E-state index is 12.3. The minimum Gasteiger partial charge on any atom is -1.00 e. The van der Waals surface area contributed by atoms with Crippen molar-refractivity contribution in [1.82, 2.24) is 0 Å². The number of benzene rings is 2. The Kier molecular flexibility index (Phi) is 8.86. The molecule has 3 N–H and O–H groups in total. The normalized spacial score (nSPS) is 10.4. The Morgan fingerprint density at radius 3 is 2.43 bits per heavy atom. The summed E-state index contributed by atoms with van der Waals surface area (Å²) in [5.41, 5.74) is 3.11. The van der Waals surface area contributed by atoms with E-state index in [2.05, 4.69) is 35.4 Å². The number of nitrogens with zero attached hydrogens (tertiary/aromatic N) is 2. The maximum Gasteiger partial charge on any atom is 0.267 e. The number of carbonyl (C=O) groups is 1. The van der Waals surface area contributed by atoms with Crippen LogP contribution in [0.1, 0.15) is 19.4 Å². The molecule has 0 radical (unpaired) electrons. The molecule has 2 aromatic carbocycles. The molecule has 6 nitrogen and oxygen atoms in total. The summed E-state index contributed by atoms with van der Waals surface area (Å²) in [6.07, 6.45) is 1.37. The average molecular weight is 400 g/mol. The highest BCUT2D eigenvalue weighted by molar-refractivity contribution is 6.07. The molecule has 0 fully saturated rings. The number of phenolic OH excluding ortho intramolecular Hbond substituents is 1. The topological polar surface area (TPSA) is 88.4 Å². The lowest BCUT2D eigenvalue weighted by molar-refractivity contribution is -0.112. The van der Waals surface area contributed by atoms with E-state index >= 15 is 0 Å². The molecule has 0 aliphatic heterocycles. The van der Waals surface area contributed by atoms with Crippen molar-refractivity contribution in [3.63, 3.8) is 0 Å². The van der Waals surface area contributed by atoms with Crippen LogP contribution < -0.4 is 27.9 Å². The van der Waals surface area contributed by atoms with E-state index in [1.807, 2.05) is 25.1 Å². The van der Waals surface area contributed by atoms with E-state index in [1.54, 1.807) is 18.2 Å². The highest BCUT2D eigenvalue weighted by atomic mass is 35.5. The van der Waals surface area contributed by atoms with E-state index in [-0.39, 0.29) is 29.4 Å². The van der Waals surface area contributed by atoms with Gasteiger partial charge < -0.3 is 33.0 Å². The van der Waals surface area contributed by atoms with Crippen LogP contribution in [0.3, 0.4) is 0 Å². The summed E-state index contributed by atoms with van der Waals surface area (Å²) in [5, 5.41) is 24.6. The van der Waals surface area contributed by atoms with Crippen molar-refractivity contribution in [2.45, 2.75) is 20.8 Å². The number of hydrogen-bond donors (Lipinski definition) is 3. The second-order valence-electron chi connectivity index (χ2n) is 5.96. The Morgan fingerprint density at radius 2 is 1.86 bits per heavy atom. The Morgan fingerprint density at radius 1 is 1.18 bits per heavy atom. The lowest BCUT2D eigenvalue weighted by Crippen LogP contribution is -3.00. The van der Waals surface area contributed by atoms with Crippen LogP contribution in [0.4, 0.5) is 17.1 Å². The molecular formula is C21H24ClN4O2-. The third-order valence-electron chi connectivity index (χ3n) is 4.23. The number of phenols is 1. The van der Waals surface area contributed by atoms with Crippen molar-refractivity contribution in [3.8, 4) is 11.8 Å². The van der Waals surface area contributed by atoms with Gasteiger partial charge in [-0.25, -0.2) is 0 Å². The predicted molar refractivity (Wildman–Crippen MR) is 109 cm³/mol. The zero-order chi connectivity index (χ0) is 19.8. The van der Waals surface area contributed by atoms with Gasteiger partial charge in [0.1, 0.15) is 17.4 Å². The number of anilines is 3. The van der Waals surface area contributed by atoms with Crippen molar-refractivity contribution in [1.29, 1.82) is 5.26 Å². The molecule has 148 valence electrons. The number of carbonyl (C=O) groups excluding carboxylic acids is 1. The summed E-state index contributed by atoms with van der Waals surface area (Å²) >= 11 is 0. The zero-order valence-corrected chi connectivity index (χ0v) is 16.9. The first kappa shape index (κ1) is 22.9. The van der Waals surface area contributed by atoms with Gasteiger partial charge in [-0.3, -0.25) is 4.79 Å². The van der Waals surface area contributed by atoms with Crippen LogP contribution in [0.2, 0.25) is 0 Å². The van der Waals surface area contributed by atoms with Gasteiger partial charge in [0.15, 0.2) is 0 Å². The number of amides is 1. The fourth-order valence-electron chi connectivity index (χ4n) is 2.66. The average Bonchev–Trinajstić information content (AvgIpc) is 2.66. The number of aryl methyl sites for hydroxylation is 1. The van der Waals surface area contributed by atoms with Gasteiger partial charge in [0, 0.05) is 30.7 Å². The minimum absolute atomic E-state index is 0. The smallest absolute Gasteiger partial charge is 0.267 e. The predicted octanol–water partition coefficient (Wildman–Crippen LogP) is 1.01. The molecule has 0 bridgehead atoms. The molecule has 7 heteroatoms. The molecule has 1 amide bonds. The van der Waals surface area contributed by atoms with Crippen LogP contribution in [0.15, 0.2) is 54.2 Å². The molecule has 0 aromatic heterocycles. The molecule has 0 aliphatic carbocycles. The Hall–Kier alpha value is -3.17. The molecule has 0 heterocycles. The van der Waals surface area contributed by atoms with Gasteiger partial charge in [0.05, 0.1) is 5.69 Å². The van der Waals surface area contributed by atoms with E-state index in [0.717, 1.165) is 30.0 Å². The van der Waals surface area contributed by atoms with E-state index in [4.69, 9.17) is 0 Å². The van der Waals surface area contributed by atoms with E-state index in [1.165, 1.54) is 12.3 Å². The molecule has 0 saturated carbocycles. The minimum atomic E-state index is -0.594. The van der Waals surface area contributed by atoms with Crippen LogP contribution in [-0.4, -0.2) is 24.1 Å². The summed E-state index contributed by atoms with van der Waals surface area (Å²) in [6, 6.07) is 14.2. The highest BCUT2D eigenvalue weighted by Crippen LogP contribution is 2.24. The van der Waals surface area contributed by atoms with E-state index < -0.39 is 5.91 Å².